The largest absolute Gasteiger partial charge is 0.379 e. The van der Waals surface area contributed by atoms with Crippen LogP contribution in [0.4, 0.5) is 0 Å². The molecule has 1 heterocycles. The Balaban J connectivity index is 2.39. The highest BCUT2D eigenvalue weighted by Crippen LogP contribution is 2.28. The van der Waals surface area contributed by atoms with Crippen molar-refractivity contribution in [2.45, 2.75) is 29.2 Å². The minimum atomic E-state index is -4.38. The Morgan fingerprint density at radius 2 is 1.91 bits per heavy atom. The fraction of sp³-hybridized carbons (Fsp3) is 0.533. The van der Waals surface area contributed by atoms with Crippen LogP contribution in [-0.4, -0.2) is 61.8 Å². The predicted octanol–water partition coefficient (Wildman–Crippen LogP) is 1.95. The maximum atomic E-state index is 12.9. The fourth-order valence-corrected chi connectivity index (χ4v) is 4.27. The zero-order chi connectivity index (χ0) is 17.3. The molecule has 6 nitrogen and oxygen atoms in total. The van der Waals surface area contributed by atoms with Crippen molar-refractivity contribution in [3.05, 3.63) is 23.8 Å². The molecule has 1 saturated heterocycles. The molecular weight excluding hydrogens is 338 g/mol. The van der Waals surface area contributed by atoms with E-state index in [1.807, 2.05) is 18.7 Å². The number of hydrogen-bond donors (Lipinski definition) is 1. The van der Waals surface area contributed by atoms with E-state index in [0.29, 0.717) is 31.2 Å². The van der Waals surface area contributed by atoms with E-state index in [1.54, 1.807) is 18.4 Å². The van der Waals surface area contributed by atoms with Gasteiger partial charge in [0.1, 0.15) is 4.90 Å². The molecule has 0 spiro atoms. The van der Waals surface area contributed by atoms with E-state index in [2.05, 4.69) is 0 Å². The molecule has 128 valence electrons. The SMILES string of the molecule is CSc1ccc(C(=O)C(C)(C)N2CCOCC2)cc1S(=O)(=O)O. The molecule has 1 N–H and O–H groups in total. The van der Waals surface area contributed by atoms with Gasteiger partial charge in [-0.3, -0.25) is 14.2 Å². The van der Waals surface area contributed by atoms with E-state index in [4.69, 9.17) is 4.74 Å². The highest BCUT2D eigenvalue weighted by atomic mass is 32.2. The van der Waals surface area contributed by atoms with Gasteiger partial charge in [0.15, 0.2) is 5.78 Å². The first-order valence-electron chi connectivity index (χ1n) is 7.21. The monoisotopic (exact) mass is 359 g/mol. The number of ketones is 1. The first-order chi connectivity index (χ1) is 10.7. The van der Waals surface area contributed by atoms with Gasteiger partial charge in [0.2, 0.25) is 0 Å². The molecule has 8 heteroatoms. The Morgan fingerprint density at radius 1 is 1.30 bits per heavy atom. The van der Waals surface area contributed by atoms with E-state index >= 15 is 0 Å². The van der Waals surface area contributed by atoms with E-state index in [0.717, 1.165) is 0 Å². The topological polar surface area (TPSA) is 83.9 Å². The van der Waals surface area contributed by atoms with Gasteiger partial charge in [-0.15, -0.1) is 11.8 Å². The lowest BCUT2D eigenvalue weighted by molar-refractivity contribution is -0.00430. The molecule has 0 unspecified atom stereocenters. The quantitative estimate of drug-likeness (QED) is 0.489. The average molecular weight is 359 g/mol. The number of rotatable bonds is 5. The van der Waals surface area contributed by atoms with Gasteiger partial charge in [-0.25, -0.2) is 0 Å². The van der Waals surface area contributed by atoms with Crippen molar-refractivity contribution in [3.8, 4) is 0 Å². The predicted molar refractivity (Wildman–Crippen MR) is 88.8 cm³/mol. The van der Waals surface area contributed by atoms with Crippen molar-refractivity contribution < 1.29 is 22.5 Å². The van der Waals surface area contributed by atoms with Crippen molar-refractivity contribution in [2.75, 3.05) is 32.6 Å². The lowest BCUT2D eigenvalue weighted by atomic mass is 9.91. The molecule has 0 atom stereocenters. The normalized spacial score (nSPS) is 17.2. The van der Waals surface area contributed by atoms with Gasteiger partial charge in [0, 0.05) is 23.5 Å². The van der Waals surface area contributed by atoms with Gasteiger partial charge in [0.05, 0.1) is 18.8 Å². The van der Waals surface area contributed by atoms with Crippen LogP contribution in [0.15, 0.2) is 28.0 Å². The summed E-state index contributed by atoms with van der Waals surface area (Å²) in [5, 5.41) is 0. The molecule has 0 bridgehead atoms. The average Bonchev–Trinajstić information content (AvgIpc) is 2.53. The van der Waals surface area contributed by atoms with Gasteiger partial charge in [-0.1, -0.05) is 6.07 Å². The first-order valence-corrected chi connectivity index (χ1v) is 9.87. The van der Waals surface area contributed by atoms with Crippen molar-refractivity contribution in [3.63, 3.8) is 0 Å². The molecule has 2 rings (SSSR count). The Hall–Kier alpha value is -0.930. The highest BCUT2D eigenvalue weighted by molar-refractivity contribution is 7.99. The summed E-state index contributed by atoms with van der Waals surface area (Å²) in [7, 11) is -4.38. The second kappa shape index (κ2) is 6.90. The minimum absolute atomic E-state index is 0.183. The maximum absolute atomic E-state index is 12.9. The zero-order valence-electron chi connectivity index (χ0n) is 13.4. The second-order valence-electron chi connectivity index (χ2n) is 5.83. The van der Waals surface area contributed by atoms with E-state index in [9.17, 15) is 17.8 Å². The van der Waals surface area contributed by atoms with Gasteiger partial charge >= 0.3 is 0 Å². The standard InChI is InChI=1S/C15H21NO5S2/c1-15(2,16-6-8-21-9-7-16)14(17)11-4-5-12(22-3)13(10-11)23(18,19)20/h4-5,10H,6-9H2,1-3H3,(H,18,19,20). The molecule has 1 fully saturated rings. The third-order valence-electron chi connectivity index (χ3n) is 4.06. The first kappa shape index (κ1) is 18.4. The number of morpholine rings is 1. The third-order valence-corrected chi connectivity index (χ3v) is 5.88. The lowest BCUT2D eigenvalue weighted by Gasteiger charge is -2.39. The molecular formula is C15H21NO5S2. The van der Waals surface area contributed by atoms with Crippen LogP contribution >= 0.6 is 11.8 Å². The van der Waals surface area contributed by atoms with Crippen LogP contribution in [0.2, 0.25) is 0 Å². The molecule has 1 aliphatic rings. The summed E-state index contributed by atoms with van der Waals surface area (Å²) in [5.41, 5.74) is -0.506. The van der Waals surface area contributed by atoms with Crippen LogP contribution in [0.25, 0.3) is 0 Å². The molecule has 1 aromatic rings. The number of ether oxygens (including phenoxy) is 1. The summed E-state index contributed by atoms with van der Waals surface area (Å²) >= 11 is 1.20. The van der Waals surface area contributed by atoms with E-state index in [-0.39, 0.29) is 16.2 Å². The molecule has 0 amide bonds. The molecule has 23 heavy (non-hydrogen) atoms. The lowest BCUT2D eigenvalue weighted by Crippen LogP contribution is -2.54. The minimum Gasteiger partial charge on any atom is -0.379 e. The number of carbonyl (C=O) groups is 1. The number of hydrogen-bond acceptors (Lipinski definition) is 6. The molecule has 0 saturated carbocycles. The number of Topliss-reactive ketones (excluding diaryl/α,β-unsaturated/α-hetero) is 1. The van der Waals surface area contributed by atoms with Crippen LogP contribution < -0.4 is 0 Å². The summed E-state index contributed by atoms with van der Waals surface area (Å²) in [6, 6.07) is 4.41. The summed E-state index contributed by atoms with van der Waals surface area (Å²) in [4.78, 5) is 15.1. The van der Waals surface area contributed by atoms with Gasteiger partial charge in [-0.2, -0.15) is 8.42 Å². The van der Waals surface area contributed by atoms with Crippen LogP contribution in [0, 0.1) is 0 Å². The molecule has 0 aromatic heterocycles. The fourth-order valence-electron chi connectivity index (χ4n) is 2.64. The summed E-state index contributed by atoms with van der Waals surface area (Å²) in [6.45, 7) is 6.06. The number of nitrogens with zero attached hydrogens (tertiary/aromatic N) is 1. The van der Waals surface area contributed by atoms with Crippen molar-refractivity contribution in [2.24, 2.45) is 0 Å². The number of benzene rings is 1. The van der Waals surface area contributed by atoms with Gasteiger partial charge in [0.25, 0.3) is 10.1 Å². The van der Waals surface area contributed by atoms with Crippen molar-refractivity contribution in [1.82, 2.24) is 4.90 Å². The molecule has 1 aromatic carbocycles. The second-order valence-corrected chi connectivity index (χ2v) is 8.07. The maximum Gasteiger partial charge on any atom is 0.295 e. The molecule has 0 aliphatic carbocycles. The van der Waals surface area contributed by atoms with E-state index in [1.165, 1.54) is 17.8 Å². The van der Waals surface area contributed by atoms with Crippen LogP contribution in [0.1, 0.15) is 24.2 Å². The summed E-state index contributed by atoms with van der Waals surface area (Å²) in [5.74, 6) is -0.183. The Labute approximate surface area is 140 Å². The van der Waals surface area contributed by atoms with Crippen molar-refractivity contribution in [1.29, 1.82) is 0 Å². The van der Waals surface area contributed by atoms with Gasteiger partial charge < -0.3 is 4.74 Å². The van der Waals surface area contributed by atoms with E-state index < -0.39 is 15.7 Å². The van der Waals surface area contributed by atoms with Crippen molar-refractivity contribution >= 4 is 27.7 Å². The summed E-state index contributed by atoms with van der Waals surface area (Å²) in [6.07, 6.45) is 1.71. The van der Waals surface area contributed by atoms with Crippen LogP contribution in [0.5, 0.6) is 0 Å². The van der Waals surface area contributed by atoms with Crippen LogP contribution in [-0.2, 0) is 14.9 Å². The molecule has 1 aliphatic heterocycles. The third kappa shape index (κ3) is 3.95. The Bertz CT molecular complexity index is 694. The summed E-state index contributed by atoms with van der Waals surface area (Å²) < 4.78 is 37.8. The smallest absolute Gasteiger partial charge is 0.295 e. The molecule has 0 radical (unpaired) electrons. The Kier molecular flexibility index (Phi) is 5.52. The zero-order valence-corrected chi connectivity index (χ0v) is 15.0. The van der Waals surface area contributed by atoms with Crippen LogP contribution in [0.3, 0.4) is 0 Å². The number of thioether (sulfide) groups is 1. The highest BCUT2D eigenvalue weighted by Gasteiger charge is 2.36. The van der Waals surface area contributed by atoms with Gasteiger partial charge in [-0.05, 0) is 32.2 Å². The number of carbonyl (C=O) groups excluding carboxylic acids is 1. The Morgan fingerprint density at radius 3 is 2.43 bits per heavy atom.